The molecule has 21 heavy (non-hydrogen) atoms. The number of anilines is 1. The Balaban J connectivity index is 0. The molecule has 12 heteroatoms. The highest BCUT2D eigenvalue weighted by atomic mass is 19.4. The van der Waals surface area contributed by atoms with Gasteiger partial charge in [-0.05, 0) is 18.2 Å². The van der Waals surface area contributed by atoms with Crippen LogP contribution in [0.5, 0.6) is 0 Å². The molecule has 0 heterocycles. The first-order valence-electron chi connectivity index (χ1n) is 4.75. The van der Waals surface area contributed by atoms with Crippen molar-refractivity contribution < 1.29 is 23.5 Å². The second kappa shape index (κ2) is 9.67. The van der Waals surface area contributed by atoms with Crippen molar-refractivity contribution in [1.29, 1.82) is 10.7 Å². The molecule has 9 nitrogen and oxygen atoms in total. The fourth-order valence-electron chi connectivity index (χ4n) is 0.929. The summed E-state index contributed by atoms with van der Waals surface area (Å²) < 4.78 is 36.6. The summed E-state index contributed by atoms with van der Waals surface area (Å²) in [6.45, 7) is 0. The van der Waals surface area contributed by atoms with Crippen molar-refractivity contribution in [2.75, 3.05) is 5.32 Å². The SMILES string of the molecule is N#CN.N=C(N)Nc1cccc(C(F)(F)F)c1.O=[N+]([O-])O. The molecule has 0 saturated heterocycles. The molecule has 0 aliphatic carbocycles. The molecule has 1 aromatic carbocycles. The first-order valence-corrected chi connectivity index (χ1v) is 4.75. The molecular weight excluding hydrogens is 297 g/mol. The van der Waals surface area contributed by atoms with E-state index in [9.17, 15) is 13.2 Å². The molecule has 116 valence electrons. The van der Waals surface area contributed by atoms with Gasteiger partial charge in [-0.15, -0.1) is 10.1 Å². The monoisotopic (exact) mass is 308 g/mol. The lowest BCUT2D eigenvalue weighted by Gasteiger charge is -2.09. The highest BCUT2D eigenvalue weighted by Gasteiger charge is 2.30. The van der Waals surface area contributed by atoms with E-state index < -0.39 is 22.8 Å². The Bertz CT molecular complexity index is 510. The van der Waals surface area contributed by atoms with E-state index >= 15 is 0 Å². The zero-order valence-electron chi connectivity index (χ0n) is 10.3. The van der Waals surface area contributed by atoms with Gasteiger partial charge in [0.15, 0.2) is 12.2 Å². The number of hydrogen-bond donors (Lipinski definition) is 5. The molecule has 0 aromatic heterocycles. The van der Waals surface area contributed by atoms with Crippen molar-refractivity contribution in [1.82, 2.24) is 0 Å². The van der Waals surface area contributed by atoms with Crippen molar-refractivity contribution in [3.63, 3.8) is 0 Å². The van der Waals surface area contributed by atoms with Crippen molar-refractivity contribution >= 4 is 11.6 Å². The summed E-state index contributed by atoms with van der Waals surface area (Å²) in [5, 5.41) is 29.9. The van der Waals surface area contributed by atoms with E-state index in [0.717, 1.165) is 12.1 Å². The number of rotatable bonds is 1. The summed E-state index contributed by atoms with van der Waals surface area (Å²) in [4.78, 5) is 8.36. The second-order valence-corrected chi connectivity index (χ2v) is 2.98. The Morgan fingerprint density at radius 3 is 2.29 bits per heavy atom. The van der Waals surface area contributed by atoms with E-state index in [-0.39, 0.29) is 5.69 Å². The van der Waals surface area contributed by atoms with E-state index in [2.05, 4.69) is 11.1 Å². The number of halogens is 3. The molecule has 0 atom stereocenters. The van der Waals surface area contributed by atoms with Crippen LogP contribution in [0.3, 0.4) is 0 Å². The van der Waals surface area contributed by atoms with Crippen LogP contribution in [0.25, 0.3) is 0 Å². The summed E-state index contributed by atoms with van der Waals surface area (Å²) in [6.07, 6.45) is -3.13. The van der Waals surface area contributed by atoms with Crippen LogP contribution in [0.2, 0.25) is 0 Å². The number of nitrogens with zero attached hydrogens (tertiary/aromatic N) is 2. The summed E-state index contributed by atoms with van der Waals surface area (Å²) in [5.74, 6) is -0.399. The van der Waals surface area contributed by atoms with Crippen LogP contribution in [0.4, 0.5) is 18.9 Å². The quantitative estimate of drug-likeness (QED) is 0.129. The Hall–Kier alpha value is -3.23. The smallest absolute Gasteiger partial charge is 0.370 e. The third-order valence-corrected chi connectivity index (χ3v) is 1.47. The predicted molar refractivity (Wildman–Crippen MR) is 65.6 cm³/mol. The lowest BCUT2D eigenvalue weighted by atomic mass is 10.2. The molecule has 0 fully saturated rings. The van der Waals surface area contributed by atoms with E-state index in [1.54, 1.807) is 0 Å². The van der Waals surface area contributed by atoms with Gasteiger partial charge >= 0.3 is 6.18 Å². The van der Waals surface area contributed by atoms with Gasteiger partial charge in [0.1, 0.15) is 0 Å². The Labute approximate surface area is 116 Å². The Morgan fingerprint density at radius 1 is 1.52 bits per heavy atom. The van der Waals surface area contributed by atoms with Crippen LogP contribution in [-0.4, -0.2) is 16.3 Å². The number of hydrogen-bond acceptors (Lipinski definition) is 5. The van der Waals surface area contributed by atoms with Gasteiger partial charge in [-0.1, -0.05) is 6.07 Å². The number of guanidine groups is 1. The van der Waals surface area contributed by atoms with Crippen LogP contribution in [0.15, 0.2) is 24.3 Å². The third kappa shape index (κ3) is 13.0. The largest absolute Gasteiger partial charge is 0.416 e. The zero-order valence-corrected chi connectivity index (χ0v) is 10.3. The number of nitrogens with one attached hydrogen (secondary N) is 2. The van der Waals surface area contributed by atoms with Crippen LogP contribution in [0, 0.1) is 27.0 Å². The van der Waals surface area contributed by atoms with Crippen molar-refractivity contribution in [3.05, 3.63) is 39.9 Å². The van der Waals surface area contributed by atoms with Gasteiger partial charge in [0.2, 0.25) is 0 Å². The maximum atomic E-state index is 12.2. The molecule has 0 amide bonds. The van der Waals surface area contributed by atoms with Gasteiger partial charge in [0.05, 0.1) is 5.56 Å². The van der Waals surface area contributed by atoms with Gasteiger partial charge in [0, 0.05) is 5.69 Å². The average molecular weight is 308 g/mol. The van der Waals surface area contributed by atoms with Gasteiger partial charge in [-0.25, -0.2) is 0 Å². The Kier molecular flexibility index (Phi) is 9.25. The zero-order chi connectivity index (χ0) is 17.1. The average Bonchev–Trinajstić information content (AvgIpc) is 2.27. The van der Waals surface area contributed by atoms with Crippen LogP contribution >= 0.6 is 0 Å². The van der Waals surface area contributed by atoms with Gasteiger partial charge in [-0.3, -0.25) is 5.41 Å². The normalized spacial score (nSPS) is 8.86. The van der Waals surface area contributed by atoms with Crippen LogP contribution in [-0.2, 0) is 6.18 Å². The highest BCUT2D eigenvalue weighted by Crippen LogP contribution is 2.30. The van der Waals surface area contributed by atoms with Crippen molar-refractivity contribution in [3.8, 4) is 6.19 Å². The minimum Gasteiger partial charge on any atom is -0.370 e. The highest BCUT2D eigenvalue weighted by molar-refractivity contribution is 5.89. The fraction of sp³-hybridized carbons (Fsp3) is 0.111. The van der Waals surface area contributed by atoms with E-state index in [0.29, 0.717) is 0 Å². The van der Waals surface area contributed by atoms with E-state index in [4.69, 9.17) is 31.7 Å². The molecule has 0 saturated carbocycles. The predicted octanol–water partition coefficient (Wildman–Crippen LogP) is 1.09. The number of nitriles is 1. The molecule has 0 unspecified atom stereocenters. The summed E-state index contributed by atoms with van der Waals surface area (Å²) in [7, 11) is 0. The molecule has 0 bridgehead atoms. The minimum absolute atomic E-state index is 0.146. The maximum Gasteiger partial charge on any atom is 0.416 e. The van der Waals surface area contributed by atoms with Gasteiger partial charge < -0.3 is 22.0 Å². The number of alkyl halides is 3. The molecule has 0 aliphatic heterocycles. The maximum absolute atomic E-state index is 12.2. The van der Waals surface area contributed by atoms with Crippen LogP contribution < -0.4 is 16.8 Å². The number of benzene rings is 1. The first-order chi connectivity index (χ1) is 9.54. The lowest BCUT2D eigenvalue weighted by Crippen LogP contribution is -2.20. The van der Waals surface area contributed by atoms with Gasteiger partial charge in [-0.2, -0.15) is 18.4 Å². The fourth-order valence-corrected chi connectivity index (χ4v) is 0.929. The third-order valence-electron chi connectivity index (χ3n) is 1.47. The summed E-state index contributed by atoms with van der Waals surface area (Å²) in [5.41, 5.74) is 8.50. The summed E-state index contributed by atoms with van der Waals surface area (Å²) in [6, 6.07) is 4.48. The lowest BCUT2D eigenvalue weighted by molar-refractivity contribution is -0.742. The standard InChI is InChI=1S/C8H8F3N3.CH2N2.HNO3/c9-8(10,11)5-2-1-3-6(4-5)14-7(12)13;2-1-3;2-1(3)4/h1-4H,(H4,12,13,14);2H2;(H,2,3,4). The van der Waals surface area contributed by atoms with Crippen molar-refractivity contribution in [2.45, 2.75) is 6.18 Å². The Morgan fingerprint density at radius 2 is 1.95 bits per heavy atom. The topological polar surface area (TPSA) is 175 Å². The molecule has 0 aliphatic rings. The van der Waals surface area contributed by atoms with E-state index in [1.165, 1.54) is 18.3 Å². The van der Waals surface area contributed by atoms with E-state index in [1.807, 2.05) is 0 Å². The molecule has 0 radical (unpaired) electrons. The number of nitrogens with two attached hydrogens (primary N) is 2. The van der Waals surface area contributed by atoms with Gasteiger partial charge in [0.25, 0.3) is 5.09 Å². The molecule has 0 spiro atoms. The van der Waals surface area contributed by atoms with Crippen LogP contribution in [0.1, 0.15) is 5.56 Å². The minimum atomic E-state index is -4.38. The molecular formula is C9H11F3N6O3. The molecule has 1 rings (SSSR count). The molecule has 7 N–H and O–H groups in total. The second-order valence-electron chi connectivity index (χ2n) is 2.98. The summed E-state index contributed by atoms with van der Waals surface area (Å²) >= 11 is 0. The first kappa shape index (κ1) is 20.1. The van der Waals surface area contributed by atoms with Crippen molar-refractivity contribution in [2.24, 2.45) is 11.5 Å². The molecule has 1 aromatic rings.